The van der Waals surface area contributed by atoms with Gasteiger partial charge in [-0.15, -0.1) is 0 Å². The Kier molecular flexibility index (Phi) is 7.60. The van der Waals surface area contributed by atoms with Gasteiger partial charge in [0.15, 0.2) is 6.29 Å². The van der Waals surface area contributed by atoms with Crippen LogP contribution in [-0.2, 0) is 14.3 Å². The summed E-state index contributed by atoms with van der Waals surface area (Å²) in [6.07, 6.45) is 6.03. The van der Waals surface area contributed by atoms with Crippen LogP contribution in [0.5, 0.6) is 0 Å². The molecule has 0 bridgehead atoms. The number of hydrogen-bond donors (Lipinski definition) is 5. The van der Waals surface area contributed by atoms with E-state index in [1.807, 2.05) is 0 Å². The first-order valence-electron chi connectivity index (χ1n) is 16.9. The number of aliphatic hydroxyl groups is 4. The molecule has 13 atom stereocenters. The summed E-state index contributed by atoms with van der Waals surface area (Å²) in [4.78, 5) is 12.9. The number of carbonyl (C=O) groups is 1. The van der Waals surface area contributed by atoms with E-state index in [-0.39, 0.29) is 52.8 Å². The minimum Gasteiger partial charge on any atom is -0.481 e. The van der Waals surface area contributed by atoms with Crippen molar-refractivity contribution in [3.05, 3.63) is 11.6 Å². The summed E-state index contributed by atoms with van der Waals surface area (Å²) in [6, 6.07) is 0. The van der Waals surface area contributed by atoms with Gasteiger partial charge in [0.25, 0.3) is 0 Å². The average molecular weight is 605 g/mol. The monoisotopic (exact) mass is 604 g/mol. The number of hydrogen-bond acceptors (Lipinski definition) is 7. The van der Waals surface area contributed by atoms with Crippen molar-refractivity contribution < 1.29 is 39.8 Å². The second kappa shape index (κ2) is 10.2. The molecule has 0 unspecified atom stereocenters. The van der Waals surface area contributed by atoms with Crippen LogP contribution in [0, 0.1) is 50.2 Å². The van der Waals surface area contributed by atoms with Gasteiger partial charge in [-0.2, -0.15) is 0 Å². The quantitative estimate of drug-likeness (QED) is 0.231. The predicted molar refractivity (Wildman–Crippen MR) is 161 cm³/mol. The summed E-state index contributed by atoms with van der Waals surface area (Å²) in [5.74, 6) is 0.0529. The molecule has 0 amide bonds. The number of allylic oxidation sites excluding steroid dienone is 2. The van der Waals surface area contributed by atoms with E-state index in [2.05, 4.69) is 47.6 Å². The normalized spacial score (nSPS) is 54.3. The van der Waals surface area contributed by atoms with Crippen molar-refractivity contribution in [1.82, 2.24) is 0 Å². The maximum absolute atomic E-state index is 12.9. The highest BCUT2D eigenvalue weighted by molar-refractivity contribution is 5.76. The lowest BCUT2D eigenvalue weighted by Gasteiger charge is -2.71. The molecule has 4 saturated carbocycles. The molecular formula is C35H56O8. The molecule has 0 aromatic rings. The average Bonchev–Trinajstić information content (AvgIpc) is 2.94. The molecule has 0 aromatic heterocycles. The van der Waals surface area contributed by atoms with Gasteiger partial charge in [-0.1, -0.05) is 53.2 Å². The minimum absolute atomic E-state index is 0.0154. The molecule has 8 heteroatoms. The Morgan fingerprint density at radius 2 is 1.63 bits per heavy atom. The Labute approximate surface area is 257 Å². The van der Waals surface area contributed by atoms with Crippen LogP contribution >= 0.6 is 0 Å². The fourth-order valence-corrected chi connectivity index (χ4v) is 11.9. The number of aliphatic hydroxyl groups excluding tert-OH is 4. The van der Waals surface area contributed by atoms with E-state index >= 15 is 0 Å². The molecule has 6 aliphatic rings. The molecule has 43 heavy (non-hydrogen) atoms. The molecule has 0 radical (unpaired) electrons. The third kappa shape index (κ3) is 4.32. The zero-order valence-corrected chi connectivity index (χ0v) is 27.1. The van der Waals surface area contributed by atoms with Gasteiger partial charge in [-0.05, 0) is 104 Å². The number of fused-ring (bicyclic) bond motifs is 7. The van der Waals surface area contributed by atoms with Crippen LogP contribution in [0.3, 0.4) is 0 Å². The van der Waals surface area contributed by atoms with Crippen LogP contribution in [-0.4, -0.2) is 75.4 Å². The first-order valence-corrected chi connectivity index (χ1v) is 16.9. The molecule has 0 spiro atoms. The van der Waals surface area contributed by atoms with Gasteiger partial charge in [0, 0.05) is 5.41 Å². The molecule has 5 fully saturated rings. The van der Waals surface area contributed by atoms with Gasteiger partial charge in [0.1, 0.15) is 18.3 Å². The first-order chi connectivity index (χ1) is 20.0. The minimum atomic E-state index is -1.36. The summed E-state index contributed by atoms with van der Waals surface area (Å²) in [5, 5.41) is 52.3. The molecule has 5 N–H and O–H groups in total. The molecule has 8 nitrogen and oxygen atoms in total. The van der Waals surface area contributed by atoms with Gasteiger partial charge in [-0.3, -0.25) is 4.79 Å². The Morgan fingerprint density at radius 3 is 2.30 bits per heavy atom. The van der Waals surface area contributed by atoms with Gasteiger partial charge < -0.3 is 35.0 Å². The smallest absolute Gasteiger partial charge is 0.310 e. The van der Waals surface area contributed by atoms with Crippen LogP contribution in [0.25, 0.3) is 0 Å². The lowest BCUT2D eigenvalue weighted by Crippen LogP contribution is -2.66. The Bertz CT molecular complexity index is 1150. The standard InChI is InChI=1S/C35H56O8/c1-30(2)13-15-35(29(40)41)16-14-33(5)20(21(35)17-30)7-8-24-31(3)11-10-25(43-28-27(39)26(38)22(37)18-42-28)32(4,19-36)23(31)9-12-34(24,33)6/h7,21-28,36-39H,8-19H2,1-6H3,(H,40,41)/t21-,22+,23-,24-,25+,26+,27-,28-,31+,32+,33-,34-,35+/m1/s1. The van der Waals surface area contributed by atoms with Gasteiger partial charge in [0.05, 0.1) is 24.7 Å². The Morgan fingerprint density at radius 1 is 0.930 bits per heavy atom. The molecule has 1 saturated heterocycles. The number of ether oxygens (including phenoxy) is 2. The fraction of sp³-hybridized carbons (Fsp3) is 0.914. The first kappa shape index (κ1) is 31.9. The van der Waals surface area contributed by atoms with Crippen molar-refractivity contribution in [3.63, 3.8) is 0 Å². The highest BCUT2D eigenvalue weighted by Gasteiger charge is 2.70. The summed E-state index contributed by atoms with van der Waals surface area (Å²) < 4.78 is 12.0. The summed E-state index contributed by atoms with van der Waals surface area (Å²) in [5.41, 5.74) is 0.232. The number of aliphatic carboxylic acids is 1. The van der Waals surface area contributed by atoms with E-state index in [9.17, 15) is 30.3 Å². The molecule has 0 aromatic carbocycles. The lowest BCUT2D eigenvalue weighted by molar-refractivity contribution is -0.312. The highest BCUT2D eigenvalue weighted by Crippen LogP contribution is 2.76. The summed E-state index contributed by atoms with van der Waals surface area (Å²) in [6.45, 7) is 13.9. The largest absolute Gasteiger partial charge is 0.481 e. The van der Waals surface area contributed by atoms with E-state index in [1.54, 1.807) is 0 Å². The molecule has 5 aliphatic carbocycles. The number of carboxylic acids is 1. The fourth-order valence-electron chi connectivity index (χ4n) is 11.9. The third-order valence-corrected chi connectivity index (χ3v) is 14.9. The maximum atomic E-state index is 12.9. The number of carboxylic acid groups (broad SMARTS) is 1. The van der Waals surface area contributed by atoms with Gasteiger partial charge in [0.2, 0.25) is 0 Å². The van der Waals surface area contributed by atoms with Crippen LogP contribution in [0.4, 0.5) is 0 Å². The number of rotatable bonds is 4. The summed E-state index contributed by atoms with van der Waals surface area (Å²) >= 11 is 0. The van der Waals surface area contributed by atoms with Crippen LogP contribution < -0.4 is 0 Å². The van der Waals surface area contributed by atoms with E-state index < -0.39 is 41.4 Å². The van der Waals surface area contributed by atoms with Crippen molar-refractivity contribution >= 4 is 5.97 Å². The molecule has 1 heterocycles. The van der Waals surface area contributed by atoms with Crippen molar-refractivity contribution in [2.24, 2.45) is 50.2 Å². The topological polar surface area (TPSA) is 137 Å². The van der Waals surface area contributed by atoms with Gasteiger partial charge >= 0.3 is 5.97 Å². The second-order valence-corrected chi connectivity index (χ2v) is 17.3. The highest BCUT2D eigenvalue weighted by atomic mass is 16.7. The Hall–Kier alpha value is -1.03. The molecule has 6 rings (SSSR count). The van der Waals surface area contributed by atoms with Crippen LogP contribution in [0.1, 0.15) is 106 Å². The SMILES string of the molecule is CC1(C)CC[C@]2(C(=O)O)CC[C@]3(C)C(=CC[C@@H]4[C@@]5(C)CC[C@H](O[C@H]6OC[C@H](O)[C@H](O)[C@H]6O)[C@@](C)(CO)[C@@H]5CC[C@]43C)[C@H]2C1. The van der Waals surface area contributed by atoms with E-state index in [4.69, 9.17) is 9.47 Å². The zero-order valence-electron chi connectivity index (χ0n) is 27.1. The van der Waals surface area contributed by atoms with Crippen molar-refractivity contribution in [2.45, 2.75) is 136 Å². The van der Waals surface area contributed by atoms with E-state index in [0.717, 1.165) is 57.8 Å². The van der Waals surface area contributed by atoms with E-state index in [0.29, 0.717) is 12.3 Å². The van der Waals surface area contributed by atoms with Crippen molar-refractivity contribution in [2.75, 3.05) is 13.2 Å². The molecular weight excluding hydrogens is 548 g/mol. The maximum Gasteiger partial charge on any atom is 0.310 e. The summed E-state index contributed by atoms with van der Waals surface area (Å²) in [7, 11) is 0. The third-order valence-electron chi connectivity index (χ3n) is 14.9. The van der Waals surface area contributed by atoms with Crippen molar-refractivity contribution in [1.29, 1.82) is 0 Å². The zero-order chi connectivity index (χ0) is 31.4. The predicted octanol–water partition coefficient (Wildman–Crippen LogP) is 4.67. The van der Waals surface area contributed by atoms with Crippen LogP contribution in [0.2, 0.25) is 0 Å². The molecule has 1 aliphatic heterocycles. The van der Waals surface area contributed by atoms with Crippen LogP contribution in [0.15, 0.2) is 11.6 Å². The second-order valence-electron chi connectivity index (χ2n) is 17.3. The van der Waals surface area contributed by atoms with E-state index in [1.165, 1.54) is 5.57 Å². The lowest BCUT2D eigenvalue weighted by atomic mass is 9.33. The molecule has 244 valence electrons. The Balaban J connectivity index is 1.32. The van der Waals surface area contributed by atoms with Gasteiger partial charge in [-0.25, -0.2) is 0 Å². The van der Waals surface area contributed by atoms with Crippen molar-refractivity contribution in [3.8, 4) is 0 Å².